The first kappa shape index (κ1) is 14.8. The molecule has 0 saturated carbocycles. The lowest BCUT2D eigenvalue weighted by Gasteiger charge is -2.12. The largest absolute Gasteiger partial charge is 0.417 e. The monoisotopic (exact) mass is 298 g/mol. The second-order valence-corrected chi connectivity index (χ2v) is 5.80. The topological polar surface area (TPSA) is 83.9 Å². The van der Waals surface area contributed by atoms with E-state index in [1.165, 1.54) is 6.07 Å². The highest BCUT2D eigenvalue weighted by Crippen LogP contribution is 2.36. The molecule has 0 bridgehead atoms. The second-order valence-electron chi connectivity index (χ2n) is 3.27. The van der Waals surface area contributed by atoms with Gasteiger partial charge in [-0.3, -0.25) is 0 Å². The molecular formula is C9H6ClF3N2O2S. The fourth-order valence-corrected chi connectivity index (χ4v) is 2.38. The first-order chi connectivity index (χ1) is 8.11. The molecule has 0 fully saturated rings. The van der Waals surface area contributed by atoms with Crippen molar-refractivity contribution in [1.29, 1.82) is 5.26 Å². The van der Waals surface area contributed by atoms with Gasteiger partial charge in [-0.1, -0.05) is 0 Å². The van der Waals surface area contributed by atoms with Gasteiger partial charge in [0.25, 0.3) is 9.05 Å². The molecule has 0 aliphatic heterocycles. The van der Waals surface area contributed by atoms with E-state index in [-0.39, 0.29) is 12.1 Å². The van der Waals surface area contributed by atoms with Gasteiger partial charge in [-0.2, -0.15) is 18.4 Å². The van der Waals surface area contributed by atoms with E-state index in [9.17, 15) is 21.6 Å². The van der Waals surface area contributed by atoms with Gasteiger partial charge in [0.05, 0.1) is 11.1 Å². The van der Waals surface area contributed by atoms with Crippen LogP contribution in [-0.2, 0) is 21.8 Å². The van der Waals surface area contributed by atoms with Crippen LogP contribution < -0.4 is 5.73 Å². The van der Waals surface area contributed by atoms with Crippen molar-refractivity contribution in [3.63, 3.8) is 0 Å². The van der Waals surface area contributed by atoms with Crippen LogP contribution in [-0.4, -0.2) is 8.42 Å². The fraction of sp³-hybridized carbons (Fsp3) is 0.222. The quantitative estimate of drug-likeness (QED) is 0.846. The summed E-state index contributed by atoms with van der Waals surface area (Å²) >= 11 is 0. The molecule has 2 N–H and O–H groups in total. The summed E-state index contributed by atoms with van der Waals surface area (Å²) in [4.78, 5) is -0.887. The number of alkyl halides is 3. The van der Waals surface area contributed by atoms with Gasteiger partial charge in [0.15, 0.2) is 0 Å². The molecule has 4 nitrogen and oxygen atoms in total. The molecule has 0 aliphatic carbocycles. The number of nitrogens with zero attached hydrogens (tertiary/aromatic N) is 1. The van der Waals surface area contributed by atoms with Gasteiger partial charge in [0.1, 0.15) is 11.0 Å². The summed E-state index contributed by atoms with van der Waals surface area (Å²) in [6.45, 7) is -0.311. The average Bonchev–Trinajstić information content (AvgIpc) is 2.24. The van der Waals surface area contributed by atoms with Crippen molar-refractivity contribution in [2.45, 2.75) is 17.6 Å². The van der Waals surface area contributed by atoms with Gasteiger partial charge >= 0.3 is 6.18 Å². The Bertz CT molecular complexity index is 620. The highest BCUT2D eigenvalue weighted by atomic mass is 35.7. The van der Waals surface area contributed by atoms with Crippen molar-refractivity contribution < 1.29 is 21.6 Å². The maximum Gasteiger partial charge on any atom is 0.417 e. The summed E-state index contributed by atoms with van der Waals surface area (Å²) in [5.74, 6) is 0. The average molecular weight is 299 g/mol. The highest BCUT2D eigenvalue weighted by Gasteiger charge is 2.36. The minimum absolute atomic E-state index is 0.0828. The van der Waals surface area contributed by atoms with Crippen molar-refractivity contribution >= 4 is 19.7 Å². The first-order valence-electron chi connectivity index (χ1n) is 4.40. The molecule has 9 heteroatoms. The summed E-state index contributed by atoms with van der Waals surface area (Å²) in [7, 11) is 0.540. The Hall–Kier alpha value is -1.30. The Morgan fingerprint density at radius 3 is 2.28 bits per heavy atom. The van der Waals surface area contributed by atoms with Crippen LogP contribution in [0.4, 0.5) is 13.2 Å². The van der Waals surface area contributed by atoms with Gasteiger partial charge in [-0.25, -0.2) is 8.42 Å². The number of hydrogen-bond acceptors (Lipinski definition) is 4. The number of nitriles is 1. The van der Waals surface area contributed by atoms with E-state index in [0.29, 0.717) is 6.07 Å². The second kappa shape index (κ2) is 4.76. The minimum atomic E-state index is -4.87. The molecule has 1 aromatic rings. The fourth-order valence-electron chi connectivity index (χ4n) is 1.32. The Morgan fingerprint density at radius 2 is 1.94 bits per heavy atom. The van der Waals surface area contributed by atoms with Gasteiger partial charge in [0, 0.05) is 17.2 Å². The molecule has 1 aromatic carbocycles. The zero-order chi connectivity index (χ0) is 14.1. The molecule has 0 amide bonds. The van der Waals surface area contributed by atoms with Crippen molar-refractivity contribution in [2.75, 3.05) is 0 Å². The van der Waals surface area contributed by atoms with Crippen molar-refractivity contribution in [2.24, 2.45) is 5.73 Å². The lowest BCUT2D eigenvalue weighted by atomic mass is 10.0. The summed E-state index contributed by atoms with van der Waals surface area (Å²) in [6, 6.07) is 2.69. The summed E-state index contributed by atoms with van der Waals surface area (Å²) in [6.07, 6.45) is -4.87. The predicted octanol–water partition coefficient (Wildman–Crippen LogP) is 1.96. The number of nitrogens with two attached hydrogens (primary N) is 1. The minimum Gasteiger partial charge on any atom is -0.326 e. The first-order valence-corrected chi connectivity index (χ1v) is 6.71. The number of halogens is 4. The van der Waals surface area contributed by atoms with Crippen molar-refractivity contribution in [1.82, 2.24) is 0 Å². The van der Waals surface area contributed by atoms with E-state index in [1.807, 2.05) is 0 Å². The van der Waals surface area contributed by atoms with Gasteiger partial charge in [0.2, 0.25) is 0 Å². The van der Waals surface area contributed by atoms with E-state index >= 15 is 0 Å². The number of hydrogen-bond donors (Lipinski definition) is 1. The Kier molecular flexibility index (Phi) is 3.90. The van der Waals surface area contributed by atoms with Gasteiger partial charge in [-0.05, 0) is 17.7 Å². The molecule has 0 saturated heterocycles. The Labute approximate surface area is 105 Å². The number of rotatable bonds is 2. The third kappa shape index (κ3) is 2.93. The molecule has 0 aliphatic rings. The lowest BCUT2D eigenvalue weighted by molar-refractivity contribution is -0.138. The molecule has 98 valence electrons. The van der Waals surface area contributed by atoms with Crippen LogP contribution in [0.25, 0.3) is 0 Å². The summed E-state index contributed by atoms with van der Waals surface area (Å²) in [5, 5.41) is 8.69. The standard InChI is InChI=1S/C9H6ClF3N2O2S/c10-18(16,17)8-2-5(3-14)1-7(6(8)4-15)9(11,12)13/h1-2H,3,14H2. The summed E-state index contributed by atoms with van der Waals surface area (Å²) < 4.78 is 60.4. The predicted molar refractivity (Wildman–Crippen MR) is 57.1 cm³/mol. The third-order valence-electron chi connectivity index (χ3n) is 2.08. The van der Waals surface area contributed by atoms with Crippen LogP contribution in [0.3, 0.4) is 0 Å². The van der Waals surface area contributed by atoms with Crippen LogP contribution in [0.15, 0.2) is 17.0 Å². The summed E-state index contributed by atoms with van der Waals surface area (Å²) in [5.41, 5.74) is 2.69. The van der Waals surface area contributed by atoms with Crippen LogP contribution in [0.2, 0.25) is 0 Å². The van der Waals surface area contributed by atoms with E-state index in [0.717, 1.165) is 6.07 Å². The van der Waals surface area contributed by atoms with Crippen LogP contribution in [0.5, 0.6) is 0 Å². The highest BCUT2D eigenvalue weighted by molar-refractivity contribution is 8.13. The maximum absolute atomic E-state index is 12.7. The molecular weight excluding hydrogens is 293 g/mol. The molecule has 18 heavy (non-hydrogen) atoms. The molecule has 0 radical (unpaired) electrons. The molecule has 0 heterocycles. The Morgan fingerprint density at radius 1 is 1.39 bits per heavy atom. The third-order valence-corrected chi connectivity index (χ3v) is 3.42. The maximum atomic E-state index is 12.7. The van der Waals surface area contributed by atoms with Crippen molar-refractivity contribution in [3.8, 4) is 6.07 Å². The van der Waals surface area contributed by atoms with E-state index < -0.39 is 31.2 Å². The molecule has 0 spiro atoms. The lowest BCUT2D eigenvalue weighted by Crippen LogP contribution is -2.13. The smallest absolute Gasteiger partial charge is 0.326 e. The molecule has 0 unspecified atom stereocenters. The van der Waals surface area contributed by atoms with Crippen molar-refractivity contribution in [3.05, 3.63) is 28.8 Å². The molecule has 0 aromatic heterocycles. The van der Waals surface area contributed by atoms with Gasteiger partial charge in [-0.15, -0.1) is 0 Å². The SMILES string of the molecule is N#Cc1c(C(F)(F)F)cc(CN)cc1S(=O)(=O)Cl. The van der Waals surface area contributed by atoms with Crippen LogP contribution in [0.1, 0.15) is 16.7 Å². The van der Waals surface area contributed by atoms with E-state index in [1.54, 1.807) is 0 Å². The zero-order valence-electron chi connectivity index (χ0n) is 8.62. The molecule has 0 atom stereocenters. The zero-order valence-corrected chi connectivity index (χ0v) is 10.2. The van der Waals surface area contributed by atoms with Crippen LogP contribution in [0, 0.1) is 11.3 Å². The number of benzene rings is 1. The normalized spacial score (nSPS) is 12.2. The van der Waals surface area contributed by atoms with E-state index in [2.05, 4.69) is 0 Å². The molecule has 1 rings (SSSR count). The van der Waals surface area contributed by atoms with E-state index in [4.69, 9.17) is 21.7 Å². The van der Waals surface area contributed by atoms with Crippen LogP contribution >= 0.6 is 10.7 Å². The Balaban J connectivity index is 3.80. The van der Waals surface area contributed by atoms with Gasteiger partial charge < -0.3 is 5.73 Å².